The molecular formula is C28H27F2N5O5. The van der Waals surface area contributed by atoms with E-state index in [2.05, 4.69) is 4.98 Å². The fourth-order valence-corrected chi connectivity index (χ4v) is 4.60. The summed E-state index contributed by atoms with van der Waals surface area (Å²) in [4.78, 5) is 53.8. The van der Waals surface area contributed by atoms with Crippen LogP contribution < -0.4 is 16.1 Å². The highest BCUT2D eigenvalue weighted by Gasteiger charge is 2.25. The molecule has 208 valence electrons. The Kier molecular flexibility index (Phi) is 8.37. The SMILES string of the molecule is CC.O=C(c1cc(Cn2c(=O)[nH]c(=O)c3c(F)cccc32)ccc1F)N1CCN(c2ccc([N+](=O)[O-])cc2)CC1. The van der Waals surface area contributed by atoms with Crippen LogP contribution in [-0.4, -0.2) is 51.5 Å². The summed E-state index contributed by atoms with van der Waals surface area (Å²) >= 11 is 0. The lowest BCUT2D eigenvalue weighted by atomic mass is 10.1. The number of carbonyl (C=O) groups is 1. The highest BCUT2D eigenvalue weighted by molar-refractivity contribution is 5.95. The summed E-state index contributed by atoms with van der Waals surface area (Å²) in [6.07, 6.45) is 0. The van der Waals surface area contributed by atoms with Gasteiger partial charge in [-0.1, -0.05) is 26.0 Å². The average molecular weight is 552 g/mol. The number of nitrogens with zero attached hydrogens (tertiary/aromatic N) is 4. The third kappa shape index (κ3) is 5.60. The van der Waals surface area contributed by atoms with Crippen LogP contribution in [0.15, 0.2) is 70.3 Å². The third-order valence-electron chi connectivity index (χ3n) is 6.57. The second-order valence-corrected chi connectivity index (χ2v) is 8.85. The molecule has 0 bridgehead atoms. The van der Waals surface area contributed by atoms with E-state index in [4.69, 9.17) is 0 Å². The molecule has 1 aliphatic heterocycles. The van der Waals surface area contributed by atoms with Gasteiger partial charge in [0.2, 0.25) is 0 Å². The number of hydrogen-bond donors (Lipinski definition) is 1. The van der Waals surface area contributed by atoms with Crippen molar-refractivity contribution in [1.29, 1.82) is 0 Å². The Morgan fingerprint density at radius 3 is 2.27 bits per heavy atom. The quantitative estimate of drug-likeness (QED) is 0.297. The van der Waals surface area contributed by atoms with Crippen molar-refractivity contribution in [2.24, 2.45) is 0 Å². The van der Waals surface area contributed by atoms with E-state index in [0.29, 0.717) is 31.7 Å². The van der Waals surface area contributed by atoms with Crippen molar-refractivity contribution < 1.29 is 18.5 Å². The molecule has 0 aliphatic carbocycles. The van der Waals surface area contributed by atoms with Gasteiger partial charge in [-0.05, 0) is 42.0 Å². The molecule has 4 aromatic rings. The van der Waals surface area contributed by atoms with E-state index in [1.165, 1.54) is 41.3 Å². The molecule has 0 unspecified atom stereocenters. The lowest BCUT2D eigenvalue weighted by molar-refractivity contribution is -0.384. The molecule has 40 heavy (non-hydrogen) atoms. The Labute approximate surface area is 227 Å². The summed E-state index contributed by atoms with van der Waals surface area (Å²) in [5, 5.41) is 10.6. The van der Waals surface area contributed by atoms with E-state index in [9.17, 15) is 33.3 Å². The van der Waals surface area contributed by atoms with Gasteiger partial charge in [-0.25, -0.2) is 13.6 Å². The average Bonchev–Trinajstić information content (AvgIpc) is 2.96. The monoisotopic (exact) mass is 551 g/mol. The maximum absolute atomic E-state index is 14.7. The topological polar surface area (TPSA) is 122 Å². The number of aromatic amines is 1. The highest BCUT2D eigenvalue weighted by Crippen LogP contribution is 2.22. The predicted octanol–water partition coefficient (Wildman–Crippen LogP) is 3.91. The molecule has 0 saturated carbocycles. The van der Waals surface area contributed by atoms with Gasteiger partial charge >= 0.3 is 5.69 Å². The summed E-state index contributed by atoms with van der Waals surface area (Å²) in [6.45, 7) is 5.40. The van der Waals surface area contributed by atoms with E-state index < -0.39 is 33.7 Å². The normalized spacial score (nSPS) is 13.1. The van der Waals surface area contributed by atoms with Crippen LogP contribution in [0.25, 0.3) is 10.9 Å². The zero-order valence-corrected chi connectivity index (χ0v) is 21.9. The lowest BCUT2D eigenvalue weighted by Crippen LogP contribution is -2.49. The van der Waals surface area contributed by atoms with Crippen LogP contribution in [0.5, 0.6) is 0 Å². The Balaban J connectivity index is 0.00000181. The van der Waals surface area contributed by atoms with Gasteiger partial charge in [-0.2, -0.15) is 0 Å². The molecule has 0 radical (unpaired) electrons. The van der Waals surface area contributed by atoms with Gasteiger partial charge in [-0.3, -0.25) is 29.3 Å². The van der Waals surface area contributed by atoms with Gasteiger partial charge in [0.1, 0.15) is 11.6 Å². The Hall–Kier alpha value is -4.87. The number of fused-ring (bicyclic) bond motifs is 1. The Morgan fingerprint density at radius 2 is 1.62 bits per heavy atom. The second-order valence-electron chi connectivity index (χ2n) is 8.85. The van der Waals surface area contributed by atoms with Crippen molar-refractivity contribution >= 4 is 28.2 Å². The molecule has 0 spiro atoms. The fourth-order valence-electron chi connectivity index (χ4n) is 4.60. The molecular weight excluding hydrogens is 524 g/mol. The van der Waals surface area contributed by atoms with E-state index in [1.54, 1.807) is 12.1 Å². The molecule has 1 aromatic heterocycles. The Morgan fingerprint density at radius 1 is 0.950 bits per heavy atom. The lowest BCUT2D eigenvalue weighted by Gasteiger charge is -2.36. The third-order valence-corrected chi connectivity index (χ3v) is 6.57. The minimum atomic E-state index is -0.845. The number of nitro groups is 1. The first-order valence-electron chi connectivity index (χ1n) is 12.7. The van der Waals surface area contributed by atoms with Gasteiger partial charge in [0.05, 0.1) is 27.9 Å². The van der Waals surface area contributed by atoms with Crippen LogP contribution in [0.4, 0.5) is 20.2 Å². The molecule has 1 N–H and O–H groups in total. The molecule has 1 saturated heterocycles. The van der Waals surface area contributed by atoms with Gasteiger partial charge in [0.25, 0.3) is 17.2 Å². The van der Waals surface area contributed by atoms with Crippen molar-refractivity contribution in [3.8, 4) is 0 Å². The maximum atomic E-state index is 14.7. The predicted molar refractivity (Wildman–Crippen MR) is 147 cm³/mol. The number of nitrogens with one attached hydrogen (secondary N) is 1. The van der Waals surface area contributed by atoms with Crippen LogP contribution in [0.3, 0.4) is 0 Å². The number of piperazine rings is 1. The van der Waals surface area contributed by atoms with Gasteiger partial charge < -0.3 is 9.80 Å². The van der Waals surface area contributed by atoms with E-state index in [0.717, 1.165) is 22.4 Å². The second kappa shape index (κ2) is 11.9. The van der Waals surface area contributed by atoms with Crippen molar-refractivity contribution in [2.75, 3.05) is 31.1 Å². The molecule has 1 amide bonds. The molecule has 1 fully saturated rings. The number of non-ortho nitro benzene ring substituents is 1. The number of H-pyrrole nitrogens is 1. The first-order valence-corrected chi connectivity index (χ1v) is 12.7. The number of hydrogen-bond acceptors (Lipinski definition) is 6. The number of aromatic nitrogens is 2. The van der Waals surface area contributed by atoms with Gasteiger partial charge in [0.15, 0.2) is 0 Å². The smallest absolute Gasteiger partial charge is 0.329 e. The molecule has 3 aromatic carbocycles. The first kappa shape index (κ1) is 28.1. The summed E-state index contributed by atoms with van der Waals surface area (Å²) in [5.74, 6) is -2.01. The zero-order valence-electron chi connectivity index (χ0n) is 21.9. The molecule has 10 nitrogen and oxygen atoms in total. The van der Waals surface area contributed by atoms with Gasteiger partial charge in [0, 0.05) is 44.0 Å². The molecule has 0 atom stereocenters. The zero-order chi connectivity index (χ0) is 29.0. The minimum Gasteiger partial charge on any atom is -0.368 e. The summed E-state index contributed by atoms with van der Waals surface area (Å²) in [7, 11) is 0. The number of halogens is 2. The maximum Gasteiger partial charge on any atom is 0.329 e. The number of amides is 1. The largest absolute Gasteiger partial charge is 0.368 e. The summed E-state index contributed by atoms with van der Waals surface area (Å²) < 4.78 is 30.1. The van der Waals surface area contributed by atoms with Crippen molar-refractivity contribution in [3.63, 3.8) is 0 Å². The highest BCUT2D eigenvalue weighted by atomic mass is 19.1. The van der Waals surface area contributed by atoms with Gasteiger partial charge in [-0.15, -0.1) is 0 Å². The Bertz CT molecular complexity index is 1680. The number of anilines is 1. The van der Waals surface area contributed by atoms with Crippen LogP contribution in [0.2, 0.25) is 0 Å². The summed E-state index contributed by atoms with van der Waals surface area (Å²) in [5.41, 5.74) is -0.502. The molecule has 1 aliphatic rings. The van der Waals surface area contributed by atoms with Crippen LogP contribution in [0.1, 0.15) is 29.8 Å². The molecule has 12 heteroatoms. The fraction of sp³-hybridized carbons (Fsp3) is 0.250. The van der Waals surface area contributed by atoms with Crippen molar-refractivity contribution in [2.45, 2.75) is 20.4 Å². The van der Waals surface area contributed by atoms with Crippen LogP contribution in [-0.2, 0) is 6.54 Å². The number of benzene rings is 3. The minimum absolute atomic E-state index is 0.0137. The van der Waals surface area contributed by atoms with Crippen molar-refractivity contribution in [1.82, 2.24) is 14.5 Å². The van der Waals surface area contributed by atoms with E-state index in [1.807, 2.05) is 18.7 Å². The van der Waals surface area contributed by atoms with E-state index >= 15 is 0 Å². The van der Waals surface area contributed by atoms with E-state index in [-0.39, 0.29) is 28.7 Å². The molecule has 2 heterocycles. The first-order chi connectivity index (χ1) is 19.2. The number of rotatable bonds is 5. The number of carbonyl (C=O) groups excluding carboxylic acids is 1. The van der Waals surface area contributed by atoms with Crippen molar-refractivity contribution in [3.05, 3.63) is 114 Å². The standard InChI is InChI=1S/C26H21F2N5O5.C2H6/c27-20-9-4-16(15-32-22-3-1-2-21(28)23(22)24(34)29-26(32)36)14-19(20)25(35)31-12-10-30(11-13-31)17-5-7-18(8-6-17)33(37)38;1-2/h1-9,14H,10-13,15H2,(H,29,34,36);1-2H3. The van der Waals surface area contributed by atoms with Crippen LogP contribution >= 0.6 is 0 Å². The summed E-state index contributed by atoms with van der Waals surface area (Å²) in [6, 6.07) is 14.0. The van der Waals surface area contributed by atoms with Crippen LogP contribution in [0, 0.1) is 21.7 Å². The number of nitro benzene ring substituents is 1. The molecule has 5 rings (SSSR count).